The van der Waals surface area contributed by atoms with Crippen LogP contribution in [0.5, 0.6) is 0 Å². The minimum Gasteiger partial charge on any atom is -0.478 e. The van der Waals surface area contributed by atoms with Crippen molar-refractivity contribution in [2.75, 3.05) is 13.2 Å². The summed E-state index contributed by atoms with van der Waals surface area (Å²) >= 11 is 0. The third kappa shape index (κ3) is 20.7. The number of carbonyl (C=O) groups is 2. The van der Waals surface area contributed by atoms with Crippen molar-refractivity contribution >= 4 is 11.9 Å². The lowest BCUT2D eigenvalue weighted by Gasteiger charge is -2.04. The molecule has 0 unspecified atom stereocenters. The van der Waals surface area contributed by atoms with Gasteiger partial charge in [-0.3, -0.25) is 0 Å². The Morgan fingerprint density at radius 3 is 1.77 bits per heavy atom. The van der Waals surface area contributed by atoms with Crippen LogP contribution in [0.15, 0.2) is 24.8 Å². The number of aliphatic hydroxyl groups excluding tert-OH is 1. The number of hydrogen-bond donors (Lipinski definition) is 2. The summed E-state index contributed by atoms with van der Waals surface area (Å²) in [6.07, 6.45) is 9.84. The maximum absolute atomic E-state index is 11.0. The van der Waals surface area contributed by atoms with Crippen molar-refractivity contribution in [1.82, 2.24) is 0 Å². The lowest BCUT2D eigenvalue weighted by molar-refractivity contribution is -0.139. The topological polar surface area (TPSA) is 83.8 Å². The van der Waals surface area contributed by atoms with Crippen LogP contribution >= 0.6 is 0 Å². The van der Waals surface area contributed by atoms with E-state index in [0.29, 0.717) is 18.8 Å². The average Bonchev–Trinajstić information content (AvgIpc) is 2.49. The second-order valence-electron chi connectivity index (χ2n) is 5.01. The second kappa shape index (κ2) is 17.4. The fraction of sp³-hybridized carbons (Fsp3) is 0.647. The number of aliphatic carboxylic acids is 1. The molecule has 0 spiro atoms. The number of esters is 1. The fourth-order valence-corrected chi connectivity index (χ4v) is 1.56. The summed E-state index contributed by atoms with van der Waals surface area (Å²) in [7, 11) is 0. The molecule has 0 rings (SSSR count). The van der Waals surface area contributed by atoms with E-state index in [4.69, 9.17) is 14.9 Å². The zero-order chi connectivity index (χ0) is 17.2. The van der Waals surface area contributed by atoms with Crippen LogP contribution in [0.3, 0.4) is 0 Å². The maximum atomic E-state index is 11.0. The molecule has 5 heteroatoms. The average molecular weight is 314 g/mol. The van der Waals surface area contributed by atoms with E-state index in [1.165, 1.54) is 25.7 Å². The first-order valence-electron chi connectivity index (χ1n) is 7.74. The van der Waals surface area contributed by atoms with Gasteiger partial charge < -0.3 is 14.9 Å². The second-order valence-corrected chi connectivity index (χ2v) is 5.01. The standard InChI is InChI=1S/C14H26O3.C3H4O2/c1-13(2)14(16)17-12-10-8-6-4-3-5-7-9-11-15;1-2-3(4)5/h15H,1,3-12H2,2H3;2H,1H2,(H,4,5). The number of carbonyl (C=O) groups excluding carboxylic acids is 1. The summed E-state index contributed by atoms with van der Waals surface area (Å²) < 4.78 is 5.00. The molecule has 0 amide bonds. The number of aliphatic hydroxyl groups is 1. The summed E-state index contributed by atoms with van der Waals surface area (Å²) in [5.74, 6) is -1.26. The van der Waals surface area contributed by atoms with Crippen molar-refractivity contribution in [3.05, 3.63) is 24.8 Å². The first-order chi connectivity index (χ1) is 10.5. The summed E-state index contributed by atoms with van der Waals surface area (Å²) in [5, 5.41) is 16.2. The molecule has 0 bridgehead atoms. The maximum Gasteiger partial charge on any atom is 0.333 e. The van der Waals surface area contributed by atoms with Gasteiger partial charge in [0, 0.05) is 18.3 Å². The highest BCUT2D eigenvalue weighted by molar-refractivity contribution is 5.86. The third-order valence-corrected chi connectivity index (χ3v) is 2.81. The predicted octanol–water partition coefficient (Wildman–Crippen LogP) is 3.48. The van der Waals surface area contributed by atoms with E-state index < -0.39 is 5.97 Å². The summed E-state index contributed by atoms with van der Waals surface area (Å²) in [6.45, 7) is 8.97. The van der Waals surface area contributed by atoms with Gasteiger partial charge in [-0.2, -0.15) is 0 Å². The number of rotatable bonds is 12. The molecule has 0 atom stereocenters. The molecule has 128 valence electrons. The van der Waals surface area contributed by atoms with Gasteiger partial charge in [0.1, 0.15) is 0 Å². The largest absolute Gasteiger partial charge is 0.478 e. The Labute approximate surface area is 133 Å². The zero-order valence-electron chi connectivity index (χ0n) is 13.7. The molecular formula is C17H30O5. The Balaban J connectivity index is 0. The van der Waals surface area contributed by atoms with Gasteiger partial charge in [-0.25, -0.2) is 9.59 Å². The lowest BCUT2D eigenvalue weighted by Crippen LogP contribution is -2.05. The Bertz CT molecular complexity index is 323. The van der Waals surface area contributed by atoms with Gasteiger partial charge in [0.15, 0.2) is 0 Å². The molecule has 22 heavy (non-hydrogen) atoms. The monoisotopic (exact) mass is 314 g/mol. The molecule has 2 N–H and O–H groups in total. The lowest BCUT2D eigenvalue weighted by atomic mass is 10.1. The van der Waals surface area contributed by atoms with E-state index in [9.17, 15) is 9.59 Å². The predicted molar refractivity (Wildman–Crippen MR) is 87.6 cm³/mol. The molecule has 0 aliphatic heterocycles. The molecule has 0 radical (unpaired) electrons. The molecule has 0 fully saturated rings. The fourth-order valence-electron chi connectivity index (χ4n) is 1.56. The van der Waals surface area contributed by atoms with Crippen LogP contribution in [-0.2, 0) is 14.3 Å². The molecular weight excluding hydrogens is 284 g/mol. The Hall–Kier alpha value is -1.62. The van der Waals surface area contributed by atoms with Gasteiger partial charge in [-0.15, -0.1) is 0 Å². The summed E-state index contributed by atoms with van der Waals surface area (Å²) in [6, 6.07) is 0. The van der Waals surface area contributed by atoms with Crippen LogP contribution < -0.4 is 0 Å². The molecule has 0 aromatic rings. The van der Waals surface area contributed by atoms with E-state index in [-0.39, 0.29) is 5.97 Å². The van der Waals surface area contributed by atoms with Crippen LogP contribution in [0.4, 0.5) is 0 Å². The molecule has 0 heterocycles. The van der Waals surface area contributed by atoms with Crippen LogP contribution in [-0.4, -0.2) is 35.4 Å². The minimum atomic E-state index is -0.981. The number of ether oxygens (including phenoxy) is 1. The Kier molecular flexibility index (Phi) is 18.0. The highest BCUT2D eigenvalue weighted by Gasteiger charge is 2.01. The van der Waals surface area contributed by atoms with E-state index in [0.717, 1.165) is 31.8 Å². The molecule has 0 saturated heterocycles. The summed E-state index contributed by atoms with van der Waals surface area (Å²) in [4.78, 5) is 20.3. The first kappa shape index (κ1) is 22.7. The van der Waals surface area contributed by atoms with Crippen molar-refractivity contribution < 1.29 is 24.5 Å². The molecule has 0 aliphatic rings. The van der Waals surface area contributed by atoms with E-state index in [1.807, 2.05) is 0 Å². The van der Waals surface area contributed by atoms with Gasteiger partial charge in [0.25, 0.3) is 0 Å². The van der Waals surface area contributed by atoms with Gasteiger partial charge in [0.05, 0.1) is 6.61 Å². The molecule has 0 aliphatic carbocycles. The zero-order valence-corrected chi connectivity index (χ0v) is 13.7. The molecule has 5 nitrogen and oxygen atoms in total. The first-order valence-corrected chi connectivity index (χ1v) is 7.74. The Morgan fingerprint density at radius 1 is 1.00 bits per heavy atom. The van der Waals surface area contributed by atoms with E-state index >= 15 is 0 Å². The highest BCUT2D eigenvalue weighted by atomic mass is 16.5. The van der Waals surface area contributed by atoms with Crippen LogP contribution in [0.2, 0.25) is 0 Å². The van der Waals surface area contributed by atoms with Gasteiger partial charge >= 0.3 is 11.9 Å². The molecule has 0 saturated carbocycles. The van der Waals surface area contributed by atoms with Gasteiger partial charge in [-0.1, -0.05) is 51.7 Å². The summed E-state index contributed by atoms with van der Waals surface area (Å²) in [5.41, 5.74) is 0.467. The van der Waals surface area contributed by atoms with Crippen molar-refractivity contribution in [3.8, 4) is 0 Å². The van der Waals surface area contributed by atoms with Crippen LogP contribution in [0.1, 0.15) is 58.3 Å². The number of carboxylic acid groups (broad SMARTS) is 1. The van der Waals surface area contributed by atoms with Gasteiger partial charge in [-0.05, 0) is 19.8 Å². The SMILES string of the molecule is C=C(C)C(=O)OCCCCCCCCCCO.C=CC(=O)O. The number of hydrogen-bond acceptors (Lipinski definition) is 4. The van der Waals surface area contributed by atoms with E-state index in [1.54, 1.807) is 6.92 Å². The van der Waals surface area contributed by atoms with E-state index in [2.05, 4.69) is 13.2 Å². The van der Waals surface area contributed by atoms with Gasteiger partial charge in [0.2, 0.25) is 0 Å². The molecule has 0 aromatic carbocycles. The third-order valence-electron chi connectivity index (χ3n) is 2.81. The van der Waals surface area contributed by atoms with Crippen LogP contribution in [0.25, 0.3) is 0 Å². The highest BCUT2D eigenvalue weighted by Crippen LogP contribution is 2.08. The van der Waals surface area contributed by atoms with Crippen LogP contribution in [0, 0.1) is 0 Å². The molecule has 0 aromatic heterocycles. The number of carboxylic acids is 1. The minimum absolute atomic E-state index is 0.283. The van der Waals surface area contributed by atoms with Crippen molar-refractivity contribution in [1.29, 1.82) is 0 Å². The van der Waals surface area contributed by atoms with Crippen molar-refractivity contribution in [3.63, 3.8) is 0 Å². The smallest absolute Gasteiger partial charge is 0.333 e. The Morgan fingerprint density at radius 2 is 1.41 bits per heavy atom. The normalized spacial score (nSPS) is 9.36. The van der Waals surface area contributed by atoms with Crippen molar-refractivity contribution in [2.24, 2.45) is 0 Å². The quantitative estimate of drug-likeness (QED) is 0.327. The number of unbranched alkanes of at least 4 members (excludes halogenated alkanes) is 7. The van der Waals surface area contributed by atoms with Crippen molar-refractivity contribution in [2.45, 2.75) is 58.3 Å².